The Bertz CT molecular complexity index is 784. The van der Waals surface area contributed by atoms with Crippen molar-refractivity contribution in [3.63, 3.8) is 0 Å². The lowest BCUT2D eigenvalue weighted by molar-refractivity contribution is 1.08. The monoisotopic (exact) mass is 279 g/mol. The third kappa shape index (κ3) is 2.39. The molecule has 1 heterocycles. The third-order valence-corrected chi connectivity index (χ3v) is 3.51. The van der Waals surface area contributed by atoms with Crippen LogP contribution in [0.3, 0.4) is 0 Å². The molecule has 0 aliphatic heterocycles. The zero-order valence-corrected chi connectivity index (χ0v) is 12.0. The molecular weight excluding hydrogens is 262 g/mol. The van der Waals surface area contributed by atoms with Gasteiger partial charge < -0.3 is 4.90 Å². The molecule has 106 valence electrons. The van der Waals surface area contributed by atoms with Crippen molar-refractivity contribution in [1.29, 1.82) is 0 Å². The molecule has 0 amide bonds. The van der Waals surface area contributed by atoms with Crippen LogP contribution < -0.4 is 16.2 Å². The number of benzene rings is 2. The van der Waals surface area contributed by atoms with Crippen molar-refractivity contribution in [3.8, 4) is 0 Å². The van der Waals surface area contributed by atoms with Crippen LogP contribution in [0.25, 0.3) is 10.9 Å². The maximum absolute atomic E-state index is 5.48. The summed E-state index contributed by atoms with van der Waals surface area (Å²) in [5.41, 5.74) is 5.68. The highest BCUT2D eigenvalue weighted by Gasteiger charge is 2.13. The van der Waals surface area contributed by atoms with Gasteiger partial charge in [0.05, 0.1) is 5.52 Å². The van der Waals surface area contributed by atoms with Gasteiger partial charge in [0, 0.05) is 18.1 Å². The Hall–Kier alpha value is -2.66. The molecule has 1 aromatic heterocycles. The van der Waals surface area contributed by atoms with Crippen LogP contribution in [0.2, 0.25) is 0 Å². The Balaban J connectivity index is 2.21. The fourth-order valence-electron chi connectivity index (χ4n) is 2.43. The van der Waals surface area contributed by atoms with Crippen LogP contribution in [0.15, 0.2) is 48.5 Å². The second-order valence-corrected chi connectivity index (χ2v) is 4.88. The predicted molar refractivity (Wildman–Crippen MR) is 86.6 cm³/mol. The summed E-state index contributed by atoms with van der Waals surface area (Å²) in [6.45, 7) is 2.08. The van der Waals surface area contributed by atoms with Crippen LogP contribution in [-0.4, -0.2) is 17.0 Å². The number of hydrogen-bond donors (Lipinski definition) is 2. The lowest BCUT2D eigenvalue weighted by Crippen LogP contribution is -2.16. The van der Waals surface area contributed by atoms with Crippen molar-refractivity contribution in [2.75, 3.05) is 17.4 Å². The summed E-state index contributed by atoms with van der Waals surface area (Å²) in [5.74, 6) is 6.71. The first-order valence-corrected chi connectivity index (χ1v) is 6.73. The van der Waals surface area contributed by atoms with Crippen molar-refractivity contribution in [3.05, 3.63) is 54.1 Å². The maximum atomic E-state index is 5.48. The standard InChI is InChI=1S/C16H17N5/c1-11-7-3-6-10-14(11)21(2)15-12-8-4-5-9-13(12)18-16(19-15)20-17/h3-10H,17H2,1-2H3,(H,18,19,20). The van der Waals surface area contributed by atoms with E-state index in [2.05, 4.69) is 39.4 Å². The van der Waals surface area contributed by atoms with E-state index < -0.39 is 0 Å². The van der Waals surface area contributed by atoms with Gasteiger partial charge in [0.2, 0.25) is 5.95 Å². The highest BCUT2D eigenvalue weighted by atomic mass is 15.3. The summed E-state index contributed by atoms with van der Waals surface area (Å²) in [4.78, 5) is 11.0. The Morgan fingerprint density at radius 2 is 1.71 bits per heavy atom. The molecule has 5 nitrogen and oxygen atoms in total. The number of nitrogens with one attached hydrogen (secondary N) is 1. The van der Waals surface area contributed by atoms with Gasteiger partial charge in [-0.1, -0.05) is 30.3 Å². The van der Waals surface area contributed by atoms with E-state index in [-0.39, 0.29) is 0 Å². The summed E-state index contributed by atoms with van der Waals surface area (Å²) in [5, 5.41) is 0.988. The van der Waals surface area contributed by atoms with Gasteiger partial charge in [0.15, 0.2) is 0 Å². The molecule has 3 rings (SSSR count). The minimum atomic E-state index is 0.407. The molecule has 0 aliphatic carbocycles. The van der Waals surface area contributed by atoms with Gasteiger partial charge in [-0.25, -0.2) is 10.8 Å². The Morgan fingerprint density at radius 1 is 1.00 bits per heavy atom. The van der Waals surface area contributed by atoms with Crippen LogP contribution in [0.1, 0.15) is 5.56 Å². The molecule has 3 N–H and O–H groups in total. The van der Waals surface area contributed by atoms with E-state index >= 15 is 0 Å². The number of nitrogen functional groups attached to an aromatic ring is 1. The number of aryl methyl sites for hydroxylation is 1. The van der Waals surface area contributed by atoms with Crippen molar-refractivity contribution in [2.45, 2.75) is 6.92 Å². The van der Waals surface area contributed by atoms with E-state index in [4.69, 9.17) is 5.84 Å². The van der Waals surface area contributed by atoms with Gasteiger partial charge in [-0.05, 0) is 30.7 Å². The molecule has 0 spiro atoms. The van der Waals surface area contributed by atoms with E-state index in [9.17, 15) is 0 Å². The summed E-state index contributed by atoms with van der Waals surface area (Å²) < 4.78 is 0. The van der Waals surface area contributed by atoms with E-state index in [1.807, 2.05) is 43.4 Å². The fourth-order valence-corrected chi connectivity index (χ4v) is 2.43. The van der Waals surface area contributed by atoms with E-state index in [1.54, 1.807) is 0 Å². The number of hydrazine groups is 1. The predicted octanol–water partition coefficient (Wildman–Crippen LogP) is 2.99. The number of anilines is 3. The fraction of sp³-hybridized carbons (Fsp3) is 0.125. The minimum absolute atomic E-state index is 0.407. The SMILES string of the molecule is Cc1ccccc1N(C)c1nc(NN)nc2ccccc12. The van der Waals surface area contributed by atoms with Gasteiger partial charge in [0.1, 0.15) is 5.82 Å². The summed E-state index contributed by atoms with van der Waals surface area (Å²) in [6, 6.07) is 16.1. The normalized spacial score (nSPS) is 10.6. The number of rotatable bonds is 3. The van der Waals surface area contributed by atoms with Gasteiger partial charge in [0.25, 0.3) is 0 Å². The first-order valence-electron chi connectivity index (χ1n) is 6.73. The zero-order chi connectivity index (χ0) is 14.8. The molecule has 21 heavy (non-hydrogen) atoms. The maximum Gasteiger partial charge on any atom is 0.239 e. The van der Waals surface area contributed by atoms with E-state index in [0.29, 0.717) is 5.95 Å². The van der Waals surface area contributed by atoms with Gasteiger partial charge >= 0.3 is 0 Å². The van der Waals surface area contributed by atoms with Gasteiger partial charge in [-0.3, -0.25) is 5.43 Å². The summed E-state index contributed by atoms with van der Waals surface area (Å²) in [7, 11) is 2.00. The van der Waals surface area contributed by atoms with E-state index in [1.165, 1.54) is 5.56 Å². The molecule has 0 unspecified atom stereocenters. The molecule has 3 aromatic rings. The molecule has 5 heteroatoms. The molecular formula is C16H17N5. The number of fused-ring (bicyclic) bond motifs is 1. The average molecular weight is 279 g/mol. The van der Waals surface area contributed by atoms with Crippen LogP contribution in [0.4, 0.5) is 17.5 Å². The van der Waals surface area contributed by atoms with Gasteiger partial charge in [-0.2, -0.15) is 4.98 Å². The molecule has 0 saturated carbocycles. The smallest absolute Gasteiger partial charge is 0.239 e. The second kappa shape index (κ2) is 5.38. The molecule has 0 bridgehead atoms. The van der Waals surface area contributed by atoms with Gasteiger partial charge in [-0.15, -0.1) is 0 Å². The number of nitrogens with zero attached hydrogens (tertiary/aromatic N) is 3. The van der Waals surface area contributed by atoms with Crippen LogP contribution in [-0.2, 0) is 0 Å². The average Bonchev–Trinajstić information content (AvgIpc) is 2.53. The summed E-state index contributed by atoms with van der Waals surface area (Å²) >= 11 is 0. The minimum Gasteiger partial charge on any atom is -0.329 e. The van der Waals surface area contributed by atoms with Crippen molar-refractivity contribution in [2.24, 2.45) is 5.84 Å². The molecule has 2 aromatic carbocycles. The zero-order valence-electron chi connectivity index (χ0n) is 12.0. The molecule has 0 fully saturated rings. The third-order valence-electron chi connectivity index (χ3n) is 3.51. The van der Waals surface area contributed by atoms with Crippen molar-refractivity contribution < 1.29 is 0 Å². The Morgan fingerprint density at radius 3 is 2.48 bits per heavy atom. The molecule has 0 saturated heterocycles. The largest absolute Gasteiger partial charge is 0.329 e. The first-order chi connectivity index (χ1) is 10.2. The van der Waals surface area contributed by atoms with Crippen molar-refractivity contribution >= 4 is 28.4 Å². The van der Waals surface area contributed by atoms with Crippen LogP contribution in [0, 0.1) is 6.92 Å². The van der Waals surface area contributed by atoms with E-state index in [0.717, 1.165) is 22.4 Å². The highest BCUT2D eigenvalue weighted by molar-refractivity contribution is 5.92. The second-order valence-electron chi connectivity index (χ2n) is 4.88. The molecule has 0 aliphatic rings. The molecule has 0 radical (unpaired) electrons. The Labute approximate surface area is 123 Å². The highest BCUT2D eigenvalue weighted by Crippen LogP contribution is 2.31. The lowest BCUT2D eigenvalue weighted by Gasteiger charge is -2.22. The topological polar surface area (TPSA) is 67.1 Å². The first kappa shape index (κ1) is 13.3. The Kier molecular flexibility index (Phi) is 3.41. The van der Waals surface area contributed by atoms with Crippen molar-refractivity contribution in [1.82, 2.24) is 9.97 Å². The quantitative estimate of drug-likeness (QED) is 0.570. The number of para-hydroxylation sites is 2. The lowest BCUT2D eigenvalue weighted by atomic mass is 10.1. The number of aromatic nitrogens is 2. The van der Waals surface area contributed by atoms with Crippen LogP contribution >= 0.6 is 0 Å². The summed E-state index contributed by atoms with van der Waals surface area (Å²) in [6.07, 6.45) is 0. The molecule has 0 atom stereocenters. The number of nitrogens with two attached hydrogens (primary N) is 1. The number of hydrogen-bond acceptors (Lipinski definition) is 5. The van der Waals surface area contributed by atoms with Crippen LogP contribution in [0.5, 0.6) is 0 Å².